The number of carbonyl (C=O) groups is 1. The second-order valence-corrected chi connectivity index (χ2v) is 11.1. The Morgan fingerprint density at radius 1 is 1.12 bits per heavy atom. The summed E-state index contributed by atoms with van der Waals surface area (Å²) >= 11 is 2.14. The highest BCUT2D eigenvalue weighted by Crippen LogP contribution is 2.34. The first-order valence-corrected chi connectivity index (χ1v) is 14.4. The van der Waals surface area contributed by atoms with Gasteiger partial charge in [0.1, 0.15) is 5.82 Å². The summed E-state index contributed by atoms with van der Waals surface area (Å²) in [7, 11) is 1.55. The number of hydrogen-bond donors (Lipinski definition) is 1. The number of carbonyl (C=O) groups excluding carboxylic acids is 1. The van der Waals surface area contributed by atoms with E-state index in [0.29, 0.717) is 33.9 Å². The topological polar surface area (TPSA) is 94.8 Å². The van der Waals surface area contributed by atoms with Crippen molar-refractivity contribution in [2.45, 2.75) is 44.9 Å². The van der Waals surface area contributed by atoms with E-state index in [-0.39, 0.29) is 24.0 Å². The second-order valence-electron chi connectivity index (χ2n) is 9.92. The number of ether oxygens (including phenoxy) is 2. The number of aryl methyl sites for hydroxylation is 1. The van der Waals surface area contributed by atoms with E-state index in [9.17, 15) is 9.59 Å². The van der Waals surface area contributed by atoms with E-state index in [2.05, 4.69) is 33.0 Å². The number of amides is 1. The van der Waals surface area contributed by atoms with Crippen LogP contribution in [0.4, 0.5) is 5.69 Å². The maximum Gasteiger partial charge on any atom is 0.282 e. The summed E-state index contributed by atoms with van der Waals surface area (Å²) in [6, 6.07) is 18.6. The summed E-state index contributed by atoms with van der Waals surface area (Å²) in [5.41, 5.74) is 3.07. The molecular weight excluding hydrogens is 619 g/mol. The third kappa shape index (κ3) is 6.35. The third-order valence-electron chi connectivity index (χ3n) is 7.01. The lowest BCUT2D eigenvalue weighted by atomic mass is 9.88. The molecule has 1 fully saturated rings. The van der Waals surface area contributed by atoms with Crippen LogP contribution in [-0.2, 0) is 4.79 Å². The van der Waals surface area contributed by atoms with E-state index < -0.39 is 0 Å². The normalized spacial score (nSPS) is 14.0. The van der Waals surface area contributed by atoms with Crippen molar-refractivity contribution >= 4 is 51.3 Å². The number of aromatic nitrogens is 2. The lowest BCUT2D eigenvalue weighted by molar-refractivity contribution is -0.118. The van der Waals surface area contributed by atoms with Crippen molar-refractivity contribution < 1.29 is 14.3 Å². The lowest BCUT2D eigenvalue weighted by Crippen LogP contribution is -2.25. The summed E-state index contributed by atoms with van der Waals surface area (Å²) in [6.07, 6.45) is 7.08. The first kappa shape index (κ1) is 27.8. The monoisotopic (exact) mass is 650 g/mol. The molecule has 1 saturated carbocycles. The van der Waals surface area contributed by atoms with Gasteiger partial charge in [-0.15, -0.1) is 0 Å². The van der Waals surface area contributed by atoms with Crippen molar-refractivity contribution in [1.82, 2.24) is 9.66 Å². The molecule has 40 heavy (non-hydrogen) atoms. The molecule has 0 unspecified atom stereocenters. The van der Waals surface area contributed by atoms with Gasteiger partial charge < -0.3 is 14.8 Å². The van der Waals surface area contributed by atoms with Crippen LogP contribution in [0, 0.1) is 10.5 Å². The fourth-order valence-corrected chi connectivity index (χ4v) is 5.71. The molecule has 0 saturated heterocycles. The highest BCUT2D eigenvalue weighted by Gasteiger charge is 2.22. The van der Waals surface area contributed by atoms with E-state index in [1.807, 2.05) is 55.5 Å². The van der Waals surface area contributed by atoms with Gasteiger partial charge in [0.05, 0.1) is 27.8 Å². The average molecular weight is 651 g/mol. The van der Waals surface area contributed by atoms with E-state index in [0.717, 1.165) is 40.4 Å². The number of anilines is 1. The van der Waals surface area contributed by atoms with Crippen molar-refractivity contribution in [3.05, 3.63) is 91.5 Å². The Kier molecular flexibility index (Phi) is 8.78. The summed E-state index contributed by atoms with van der Waals surface area (Å²) in [6.45, 7) is 1.82. The highest BCUT2D eigenvalue weighted by atomic mass is 127. The van der Waals surface area contributed by atoms with Crippen molar-refractivity contribution in [1.29, 1.82) is 0 Å². The average Bonchev–Trinajstić information content (AvgIpc) is 2.97. The minimum absolute atomic E-state index is 0.170. The summed E-state index contributed by atoms with van der Waals surface area (Å²) in [4.78, 5) is 30.8. The zero-order chi connectivity index (χ0) is 28.1. The largest absolute Gasteiger partial charge is 0.493 e. The van der Waals surface area contributed by atoms with Gasteiger partial charge in [-0.3, -0.25) is 9.59 Å². The molecular formula is C31H31IN4O4. The van der Waals surface area contributed by atoms with Gasteiger partial charge in [0.2, 0.25) is 0 Å². The Hall–Kier alpha value is -3.73. The van der Waals surface area contributed by atoms with Gasteiger partial charge in [0, 0.05) is 11.6 Å². The Bertz CT molecular complexity index is 1610. The molecule has 0 bridgehead atoms. The molecule has 9 heteroatoms. The summed E-state index contributed by atoms with van der Waals surface area (Å²) < 4.78 is 13.6. The number of benzene rings is 3. The molecule has 0 spiro atoms. The lowest BCUT2D eigenvalue weighted by Gasteiger charge is -2.22. The van der Waals surface area contributed by atoms with Crippen LogP contribution in [0.1, 0.15) is 55.0 Å². The smallest absolute Gasteiger partial charge is 0.282 e. The first-order valence-electron chi connectivity index (χ1n) is 13.4. The molecule has 206 valence electrons. The molecule has 5 rings (SSSR count). The zero-order valence-electron chi connectivity index (χ0n) is 22.5. The van der Waals surface area contributed by atoms with Gasteiger partial charge in [0.15, 0.2) is 18.1 Å². The van der Waals surface area contributed by atoms with E-state index in [4.69, 9.17) is 14.5 Å². The Morgan fingerprint density at radius 2 is 1.88 bits per heavy atom. The minimum Gasteiger partial charge on any atom is -0.493 e. The van der Waals surface area contributed by atoms with Crippen LogP contribution in [0.25, 0.3) is 10.9 Å². The van der Waals surface area contributed by atoms with E-state index in [1.165, 1.54) is 11.1 Å². The predicted molar refractivity (Wildman–Crippen MR) is 166 cm³/mol. The van der Waals surface area contributed by atoms with Gasteiger partial charge in [-0.1, -0.05) is 49.1 Å². The number of methoxy groups -OCH3 is 1. The molecule has 4 aromatic rings. The van der Waals surface area contributed by atoms with Gasteiger partial charge in [-0.2, -0.15) is 9.78 Å². The quantitative estimate of drug-likeness (QED) is 0.179. The van der Waals surface area contributed by atoms with Crippen molar-refractivity contribution in [3.8, 4) is 11.5 Å². The van der Waals surface area contributed by atoms with E-state index >= 15 is 0 Å². The molecule has 8 nitrogen and oxygen atoms in total. The van der Waals surface area contributed by atoms with Crippen LogP contribution >= 0.6 is 22.6 Å². The molecule has 0 aliphatic heterocycles. The van der Waals surface area contributed by atoms with Crippen molar-refractivity contribution in [2.24, 2.45) is 5.10 Å². The molecule has 1 heterocycles. The number of fused-ring (bicyclic) bond motifs is 1. The molecule has 1 aliphatic carbocycles. The van der Waals surface area contributed by atoms with Crippen LogP contribution in [-0.4, -0.2) is 35.5 Å². The van der Waals surface area contributed by atoms with Crippen LogP contribution < -0.4 is 20.3 Å². The maximum absolute atomic E-state index is 13.5. The summed E-state index contributed by atoms with van der Waals surface area (Å²) in [5.74, 6) is 1.56. The number of nitrogens with one attached hydrogen (secondary N) is 1. The molecule has 0 radical (unpaired) electrons. The molecule has 1 amide bonds. The SMILES string of the molecule is COc1cc(C=Nn2c(C3CCCCC3)nc3ccccc3c2=O)cc(I)c1OCC(=O)Nc1ccc(C)cc1. The van der Waals surface area contributed by atoms with Gasteiger partial charge >= 0.3 is 0 Å². The van der Waals surface area contributed by atoms with Crippen LogP contribution in [0.2, 0.25) is 0 Å². The zero-order valence-corrected chi connectivity index (χ0v) is 24.7. The highest BCUT2D eigenvalue weighted by molar-refractivity contribution is 14.1. The van der Waals surface area contributed by atoms with Crippen LogP contribution in [0.15, 0.2) is 70.6 Å². The number of nitrogens with zero attached hydrogens (tertiary/aromatic N) is 3. The molecule has 1 aromatic heterocycles. The molecule has 1 aliphatic rings. The van der Waals surface area contributed by atoms with E-state index in [1.54, 1.807) is 25.5 Å². The second kappa shape index (κ2) is 12.6. The van der Waals surface area contributed by atoms with Crippen LogP contribution in [0.5, 0.6) is 11.5 Å². The third-order valence-corrected chi connectivity index (χ3v) is 7.81. The number of rotatable bonds is 8. The summed E-state index contributed by atoms with van der Waals surface area (Å²) in [5, 5.41) is 8.00. The first-order chi connectivity index (χ1) is 19.4. The number of para-hydroxylation sites is 1. The standard InChI is InChI=1S/C31H31IN4O4/c1-20-12-14-23(15-13-20)34-28(37)19-40-29-25(32)16-21(17-27(29)39-2)18-33-36-30(22-8-4-3-5-9-22)35-26-11-7-6-10-24(26)31(36)38/h6-7,10-18,22H,3-5,8-9,19H2,1-2H3,(H,34,37). The molecule has 1 N–H and O–H groups in total. The van der Waals surface area contributed by atoms with Crippen LogP contribution in [0.3, 0.4) is 0 Å². The fraction of sp³-hybridized carbons (Fsp3) is 0.290. The Morgan fingerprint density at radius 3 is 2.62 bits per heavy atom. The van der Waals surface area contributed by atoms with Gasteiger partial charge in [-0.25, -0.2) is 4.98 Å². The van der Waals surface area contributed by atoms with Gasteiger partial charge in [-0.05, 0) is 84.3 Å². The number of hydrogen-bond acceptors (Lipinski definition) is 6. The Balaban J connectivity index is 1.39. The van der Waals surface area contributed by atoms with Crippen molar-refractivity contribution in [3.63, 3.8) is 0 Å². The molecule has 0 atom stereocenters. The Labute approximate surface area is 246 Å². The minimum atomic E-state index is -0.272. The maximum atomic E-state index is 13.5. The fourth-order valence-electron chi connectivity index (χ4n) is 4.93. The van der Waals surface area contributed by atoms with Gasteiger partial charge in [0.25, 0.3) is 11.5 Å². The predicted octanol–water partition coefficient (Wildman–Crippen LogP) is 6.27. The van der Waals surface area contributed by atoms with Crippen molar-refractivity contribution in [2.75, 3.05) is 19.0 Å². The molecule has 3 aromatic carbocycles. The number of halogens is 1.